The van der Waals surface area contributed by atoms with Gasteiger partial charge in [-0.05, 0) is 37.8 Å². The number of ether oxygens (including phenoxy) is 1. The molecule has 72 valence electrons. The first-order valence-corrected chi connectivity index (χ1v) is 5.38. The number of halogens is 1. The van der Waals surface area contributed by atoms with Gasteiger partial charge in [-0.2, -0.15) is 0 Å². The lowest BCUT2D eigenvalue weighted by atomic mass is 10.2. The van der Waals surface area contributed by atoms with E-state index in [-0.39, 0.29) is 5.82 Å². The van der Waals surface area contributed by atoms with E-state index < -0.39 is 0 Å². The number of thioether (sulfide) groups is 1. The van der Waals surface area contributed by atoms with Crippen molar-refractivity contribution in [2.75, 3.05) is 12.9 Å². The van der Waals surface area contributed by atoms with E-state index in [1.54, 1.807) is 24.8 Å². The maximum Gasteiger partial charge on any atom is 0.168 e. The van der Waals surface area contributed by atoms with Crippen LogP contribution in [0.25, 0.3) is 0 Å². The monoisotopic (exact) mass is 200 g/mol. The topological polar surface area (TPSA) is 9.23 Å². The number of hydrogen-bond acceptors (Lipinski definition) is 2. The summed E-state index contributed by atoms with van der Waals surface area (Å²) >= 11 is 1.59. The highest BCUT2D eigenvalue weighted by atomic mass is 32.2. The van der Waals surface area contributed by atoms with Crippen LogP contribution in [-0.2, 0) is 0 Å². The van der Waals surface area contributed by atoms with Crippen LogP contribution < -0.4 is 4.74 Å². The summed E-state index contributed by atoms with van der Waals surface area (Å²) in [5.41, 5.74) is 0.635. The fourth-order valence-corrected chi connectivity index (χ4v) is 1.60. The minimum Gasteiger partial charge on any atom is -0.491 e. The van der Waals surface area contributed by atoms with Crippen molar-refractivity contribution in [3.8, 4) is 5.75 Å². The van der Waals surface area contributed by atoms with Crippen molar-refractivity contribution >= 4 is 11.8 Å². The standard InChI is InChI=1S/C10H13FOS/c1-4-12-9-6-8(13-3)5-7(2)10(9)11/h5-6H,4H2,1-3H3. The molecule has 3 heteroatoms. The molecule has 0 aliphatic carbocycles. The normalized spacial score (nSPS) is 10.2. The predicted molar refractivity (Wildman–Crippen MR) is 54.1 cm³/mol. The van der Waals surface area contributed by atoms with Crippen molar-refractivity contribution in [3.05, 3.63) is 23.5 Å². The molecule has 0 heterocycles. The van der Waals surface area contributed by atoms with Gasteiger partial charge in [0.15, 0.2) is 11.6 Å². The first-order valence-electron chi connectivity index (χ1n) is 4.16. The van der Waals surface area contributed by atoms with Gasteiger partial charge in [0.1, 0.15) is 0 Å². The number of aryl methyl sites for hydroxylation is 1. The summed E-state index contributed by atoms with van der Waals surface area (Å²) in [6.07, 6.45) is 1.96. The Labute approximate surface area is 82.3 Å². The molecule has 0 unspecified atom stereocenters. The van der Waals surface area contributed by atoms with Crippen LogP contribution >= 0.6 is 11.8 Å². The molecule has 0 N–H and O–H groups in total. The molecular weight excluding hydrogens is 187 g/mol. The van der Waals surface area contributed by atoms with Gasteiger partial charge >= 0.3 is 0 Å². The average molecular weight is 200 g/mol. The first-order chi connectivity index (χ1) is 6.19. The smallest absolute Gasteiger partial charge is 0.168 e. The summed E-state index contributed by atoms with van der Waals surface area (Å²) in [7, 11) is 0. The Bertz CT molecular complexity index is 299. The van der Waals surface area contributed by atoms with Gasteiger partial charge in [0, 0.05) is 4.90 Å². The van der Waals surface area contributed by atoms with Crippen LogP contribution in [0.1, 0.15) is 12.5 Å². The lowest BCUT2D eigenvalue weighted by Gasteiger charge is -2.08. The predicted octanol–water partition coefficient (Wildman–Crippen LogP) is 3.25. The molecule has 0 saturated carbocycles. The average Bonchev–Trinajstić information content (AvgIpc) is 2.13. The van der Waals surface area contributed by atoms with Gasteiger partial charge in [0.25, 0.3) is 0 Å². The van der Waals surface area contributed by atoms with Crippen LogP contribution in [-0.4, -0.2) is 12.9 Å². The van der Waals surface area contributed by atoms with Gasteiger partial charge < -0.3 is 4.74 Å². The van der Waals surface area contributed by atoms with Gasteiger partial charge in [-0.15, -0.1) is 11.8 Å². The van der Waals surface area contributed by atoms with Crippen molar-refractivity contribution in [2.24, 2.45) is 0 Å². The second kappa shape index (κ2) is 4.51. The van der Waals surface area contributed by atoms with Gasteiger partial charge in [-0.1, -0.05) is 0 Å². The highest BCUT2D eigenvalue weighted by molar-refractivity contribution is 7.98. The maximum absolute atomic E-state index is 13.4. The molecule has 0 atom stereocenters. The lowest BCUT2D eigenvalue weighted by Crippen LogP contribution is -1.96. The SMILES string of the molecule is CCOc1cc(SC)cc(C)c1F. The van der Waals surface area contributed by atoms with E-state index >= 15 is 0 Å². The molecule has 1 aromatic rings. The van der Waals surface area contributed by atoms with Gasteiger partial charge in [-0.3, -0.25) is 0 Å². The molecule has 0 radical (unpaired) electrons. The highest BCUT2D eigenvalue weighted by Crippen LogP contribution is 2.27. The minimum atomic E-state index is -0.250. The third-order valence-corrected chi connectivity index (χ3v) is 2.44. The Morgan fingerprint density at radius 1 is 1.46 bits per heavy atom. The van der Waals surface area contributed by atoms with Crippen molar-refractivity contribution in [2.45, 2.75) is 18.7 Å². The maximum atomic E-state index is 13.4. The van der Waals surface area contributed by atoms with Crippen LogP contribution in [0.2, 0.25) is 0 Å². The zero-order valence-corrected chi connectivity index (χ0v) is 8.87. The zero-order chi connectivity index (χ0) is 9.84. The van der Waals surface area contributed by atoms with Crippen LogP contribution in [0.15, 0.2) is 17.0 Å². The van der Waals surface area contributed by atoms with Gasteiger partial charge in [-0.25, -0.2) is 4.39 Å². The molecule has 0 aliphatic rings. The third-order valence-electron chi connectivity index (χ3n) is 1.73. The van der Waals surface area contributed by atoms with E-state index in [4.69, 9.17) is 4.74 Å². The van der Waals surface area contributed by atoms with E-state index in [2.05, 4.69) is 0 Å². The van der Waals surface area contributed by atoms with E-state index in [0.717, 1.165) is 4.90 Å². The summed E-state index contributed by atoms with van der Waals surface area (Å²) in [4.78, 5) is 1.03. The molecule has 0 aliphatic heterocycles. The number of benzene rings is 1. The van der Waals surface area contributed by atoms with Gasteiger partial charge in [0.05, 0.1) is 6.61 Å². The first kappa shape index (κ1) is 10.4. The van der Waals surface area contributed by atoms with Crippen LogP contribution in [0, 0.1) is 12.7 Å². The van der Waals surface area contributed by atoms with Crippen molar-refractivity contribution in [1.82, 2.24) is 0 Å². The van der Waals surface area contributed by atoms with Crippen molar-refractivity contribution in [1.29, 1.82) is 0 Å². The summed E-state index contributed by atoms with van der Waals surface area (Å²) in [5.74, 6) is 0.103. The van der Waals surface area contributed by atoms with Crippen molar-refractivity contribution < 1.29 is 9.13 Å². The Morgan fingerprint density at radius 3 is 2.69 bits per heavy atom. The Morgan fingerprint density at radius 2 is 2.15 bits per heavy atom. The Balaban J connectivity index is 3.09. The quantitative estimate of drug-likeness (QED) is 0.693. The molecular formula is C10H13FOS. The summed E-state index contributed by atoms with van der Waals surface area (Å²) in [6, 6.07) is 3.55. The van der Waals surface area contributed by atoms with E-state index in [9.17, 15) is 4.39 Å². The lowest BCUT2D eigenvalue weighted by molar-refractivity contribution is 0.319. The van der Waals surface area contributed by atoms with Crippen LogP contribution in [0.5, 0.6) is 5.75 Å². The molecule has 0 amide bonds. The third kappa shape index (κ3) is 2.37. The number of hydrogen-bond donors (Lipinski definition) is 0. The molecule has 13 heavy (non-hydrogen) atoms. The molecule has 0 saturated heterocycles. The molecule has 1 aromatic carbocycles. The number of rotatable bonds is 3. The van der Waals surface area contributed by atoms with E-state index in [1.807, 2.05) is 19.2 Å². The highest BCUT2D eigenvalue weighted by Gasteiger charge is 2.07. The molecule has 0 bridgehead atoms. The summed E-state index contributed by atoms with van der Waals surface area (Å²) in [6.45, 7) is 4.09. The fourth-order valence-electron chi connectivity index (χ4n) is 1.08. The van der Waals surface area contributed by atoms with E-state index in [0.29, 0.717) is 17.9 Å². The summed E-state index contributed by atoms with van der Waals surface area (Å²) in [5, 5.41) is 0. The largest absolute Gasteiger partial charge is 0.491 e. The van der Waals surface area contributed by atoms with Crippen LogP contribution in [0.3, 0.4) is 0 Å². The molecule has 1 nitrogen and oxygen atoms in total. The second-order valence-corrected chi connectivity index (χ2v) is 3.57. The zero-order valence-electron chi connectivity index (χ0n) is 8.06. The molecule has 0 aromatic heterocycles. The van der Waals surface area contributed by atoms with Crippen molar-refractivity contribution in [3.63, 3.8) is 0 Å². The minimum absolute atomic E-state index is 0.250. The second-order valence-electron chi connectivity index (χ2n) is 2.69. The molecule has 0 fully saturated rings. The Hall–Kier alpha value is -0.700. The molecule has 1 rings (SSSR count). The van der Waals surface area contributed by atoms with Gasteiger partial charge in [0.2, 0.25) is 0 Å². The van der Waals surface area contributed by atoms with Crippen LogP contribution in [0.4, 0.5) is 4.39 Å². The Kier molecular flexibility index (Phi) is 3.60. The summed E-state index contributed by atoms with van der Waals surface area (Å²) < 4.78 is 18.5. The fraction of sp³-hybridized carbons (Fsp3) is 0.400. The van der Waals surface area contributed by atoms with E-state index in [1.165, 1.54) is 0 Å². The molecule has 0 spiro atoms.